The minimum absolute atomic E-state index is 0. The molecule has 0 spiro atoms. The Morgan fingerprint density at radius 2 is 1.93 bits per heavy atom. The first-order valence-electron chi connectivity index (χ1n) is 9.76. The van der Waals surface area contributed by atoms with Crippen molar-refractivity contribution in [1.29, 1.82) is 0 Å². The molecular formula is C22H31IN4O2. The minimum atomic E-state index is 0. The number of benzene rings is 2. The summed E-state index contributed by atoms with van der Waals surface area (Å²) in [6.07, 6.45) is 1.25. The zero-order chi connectivity index (χ0) is 19.9. The van der Waals surface area contributed by atoms with Gasteiger partial charge in [0.05, 0.1) is 18.9 Å². The van der Waals surface area contributed by atoms with E-state index >= 15 is 0 Å². The standard InChI is InChI=1S/C22H30N4O2.HI/c1-16(2)28-19-10-8-18(9-11-19)25-22(23)24-14-17-12-13-26(15-17)20-6-4-5-7-21(20)27-3;/h4-11,16-17H,12-15H2,1-3H3,(H3,23,24,25);1H. The van der Waals surface area contributed by atoms with Crippen LogP contribution in [0.4, 0.5) is 11.4 Å². The smallest absolute Gasteiger partial charge is 0.193 e. The van der Waals surface area contributed by atoms with Crippen LogP contribution in [-0.2, 0) is 0 Å². The van der Waals surface area contributed by atoms with E-state index in [-0.39, 0.29) is 30.1 Å². The highest BCUT2D eigenvalue weighted by atomic mass is 127. The van der Waals surface area contributed by atoms with E-state index in [2.05, 4.69) is 21.3 Å². The Labute approximate surface area is 190 Å². The Balaban J connectivity index is 0.00000300. The molecule has 7 heteroatoms. The molecule has 0 aromatic heterocycles. The van der Waals surface area contributed by atoms with Crippen molar-refractivity contribution in [2.45, 2.75) is 26.4 Å². The fourth-order valence-electron chi connectivity index (χ4n) is 3.40. The first kappa shape index (κ1) is 23.1. The zero-order valence-electron chi connectivity index (χ0n) is 17.3. The van der Waals surface area contributed by atoms with Crippen LogP contribution in [-0.4, -0.2) is 38.8 Å². The van der Waals surface area contributed by atoms with Crippen molar-refractivity contribution in [2.24, 2.45) is 16.6 Å². The van der Waals surface area contributed by atoms with Gasteiger partial charge in [0.1, 0.15) is 11.5 Å². The number of anilines is 2. The number of nitrogens with zero attached hydrogens (tertiary/aromatic N) is 2. The first-order valence-corrected chi connectivity index (χ1v) is 9.76. The highest BCUT2D eigenvalue weighted by Crippen LogP contribution is 2.32. The number of methoxy groups -OCH3 is 1. The number of aliphatic imine (C=N–C) groups is 1. The van der Waals surface area contributed by atoms with Crippen LogP contribution in [0.5, 0.6) is 11.5 Å². The third-order valence-corrected chi connectivity index (χ3v) is 4.73. The normalized spacial score (nSPS) is 16.5. The largest absolute Gasteiger partial charge is 0.495 e. The van der Waals surface area contributed by atoms with Gasteiger partial charge in [0, 0.05) is 25.3 Å². The van der Waals surface area contributed by atoms with Gasteiger partial charge in [0.2, 0.25) is 0 Å². The molecule has 29 heavy (non-hydrogen) atoms. The maximum absolute atomic E-state index is 6.07. The SMILES string of the molecule is COc1ccccc1N1CCC(CN=C(N)Nc2ccc(OC(C)C)cc2)C1.I. The third kappa shape index (κ3) is 6.69. The lowest BCUT2D eigenvalue weighted by Gasteiger charge is -2.21. The molecule has 1 unspecified atom stereocenters. The minimum Gasteiger partial charge on any atom is -0.495 e. The molecular weight excluding hydrogens is 479 g/mol. The van der Waals surface area contributed by atoms with Crippen molar-refractivity contribution in [3.8, 4) is 11.5 Å². The van der Waals surface area contributed by atoms with Gasteiger partial charge in [0.25, 0.3) is 0 Å². The summed E-state index contributed by atoms with van der Waals surface area (Å²) in [5, 5.41) is 3.15. The van der Waals surface area contributed by atoms with Crippen molar-refractivity contribution >= 4 is 41.3 Å². The summed E-state index contributed by atoms with van der Waals surface area (Å²) in [5.74, 6) is 2.68. The highest BCUT2D eigenvalue weighted by Gasteiger charge is 2.24. The average molecular weight is 510 g/mol. The van der Waals surface area contributed by atoms with Gasteiger partial charge >= 0.3 is 0 Å². The molecule has 0 bridgehead atoms. The predicted octanol–water partition coefficient (Wildman–Crippen LogP) is 4.35. The Kier molecular flexibility index (Phi) is 8.88. The molecule has 158 valence electrons. The van der Waals surface area contributed by atoms with Crippen LogP contribution in [0.1, 0.15) is 20.3 Å². The van der Waals surface area contributed by atoms with E-state index in [9.17, 15) is 0 Å². The summed E-state index contributed by atoms with van der Waals surface area (Å²) in [7, 11) is 1.71. The molecule has 0 saturated carbocycles. The molecule has 6 nitrogen and oxygen atoms in total. The third-order valence-electron chi connectivity index (χ3n) is 4.73. The summed E-state index contributed by atoms with van der Waals surface area (Å²) in [6, 6.07) is 15.9. The van der Waals surface area contributed by atoms with Crippen LogP contribution in [0.15, 0.2) is 53.5 Å². The number of halogens is 1. The number of nitrogens with two attached hydrogens (primary N) is 1. The molecule has 1 heterocycles. The molecule has 1 atom stereocenters. The van der Waals surface area contributed by atoms with Crippen molar-refractivity contribution in [3.05, 3.63) is 48.5 Å². The Morgan fingerprint density at radius 3 is 2.62 bits per heavy atom. The molecule has 1 fully saturated rings. The number of nitrogens with one attached hydrogen (secondary N) is 1. The first-order chi connectivity index (χ1) is 13.5. The van der Waals surface area contributed by atoms with Crippen LogP contribution in [0, 0.1) is 5.92 Å². The fraction of sp³-hybridized carbons (Fsp3) is 0.409. The monoisotopic (exact) mass is 510 g/mol. The molecule has 1 aliphatic heterocycles. The fourth-order valence-corrected chi connectivity index (χ4v) is 3.40. The predicted molar refractivity (Wildman–Crippen MR) is 131 cm³/mol. The van der Waals surface area contributed by atoms with E-state index < -0.39 is 0 Å². The van der Waals surface area contributed by atoms with Crippen LogP contribution in [0.25, 0.3) is 0 Å². The van der Waals surface area contributed by atoms with E-state index in [1.54, 1.807) is 7.11 Å². The summed E-state index contributed by atoms with van der Waals surface area (Å²) in [6.45, 7) is 6.69. The molecule has 0 radical (unpaired) electrons. The lowest BCUT2D eigenvalue weighted by Crippen LogP contribution is -2.25. The second kappa shape index (κ2) is 11.1. The van der Waals surface area contributed by atoms with Gasteiger partial charge in [-0.1, -0.05) is 12.1 Å². The van der Waals surface area contributed by atoms with E-state index in [1.165, 1.54) is 0 Å². The molecule has 1 aliphatic rings. The Hall–Kier alpha value is -2.16. The lowest BCUT2D eigenvalue weighted by molar-refractivity contribution is 0.242. The molecule has 0 amide bonds. The maximum atomic E-state index is 6.07. The number of para-hydroxylation sites is 2. The van der Waals surface area contributed by atoms with Crippen molar-refractivity contribution < 1.29 is 9.47 Å². The molecule has 0 aliphatic carbocycles. The van der Waals surface area contributed by atoms with Gasteiger partial charge in [-0.3, -0.25) is 4.99 Å². The molecule has 3 rings (SSSR count). The highest BCUT2D eigenvalue weighted by molar-refractivity contribution is 14.0. The average Bonchev–Trinajstić information content (AvgIpc) is 3.16. The van der Waals surface area contributed by atoms with Gasteiger partial charge in [-0.25, -0.2) is 0 Å². The molecule has 2 aromatic carbocycles. The quantitative estimate of drug-likeness (QED) is 0.329. The van der Waals surface area contributed by atoms with E-state index in [0.717, 1.165) is 42.4 Å². The van der Waals surface area contributed by atoms with Gasteiger partial charge in [-0.2, -0.15) is 0 Å². The van der Waals surface area contributed by atoms with Crippen LogP contribution in [0.2, 0.25) is 0 Å². The summed E-state index contributed by atoms with van der Waals surface area (Å²) in [5.41, 5.74) is 8.12. The van der Waals surface area contributed by atoms with Gasteiger partial charge in [-0.05, 0) is 62.6 Å². The van der Waals surface area contributed by atoms with E-state index in [0.29, 0.717) is 18.4 Å². The number of rotatable bonds is 7. The number of hydrogen-bond donors (Lipinski definition) is 2. The maximum Gasteiger partial charge on any atom is 0.193 e. The van der Waals surface area contributed by atoms with Crippen LogP contribution < -0.4 is 25.4 Å². The van der Waals surface area contributed by atoms with Gasteiger partial charge in [0.15, 0.2) is 5.96 Å². The Bertz CT molecular complexity index is 796. The summed E-state index contributed by atoms with van der Waals surface area (Å²) >= 11 is 0. The summed E-state index contributed by atoms with van der Waals surface area (Å²) < 4.78 is 11.1. The number of guanidine groups is 1. The zero-order valence-corrected chi connectivity index (χ0v) is 19.6. The van der Waals surface area contributed by atoms with Gasteiger partial charge in [-0.15, -0.1) is 24.0 Å². The summed E-state index contributed by atoms with van der Waals surface area (Å²) in [4.78, 5) is 6.89. The Morgan fingerprint density at radius 1 is 1.21 bits per heavy atom. The second-order valence-electron chi connectivity index (χ2n) is 7.31. The lowest BCUT2D eigenvalue weighted by atomic mass is 10.1. The second-order valence-corrected chi connectivity index (χ2v) is 7.31. The van der Waals surface area contributed by atoms with Crippen LogP contribution >= 0.6 is 24.0 Å². The van der Waals surface area contributed by atoms with Crippen molar-refractivity contribution in [3.63, 3.8) is 0 Å². The number of ether oxygens (including phenoxy) is 2. The van der Waals surface area contributed by atoms with Gasteiger partial charge < -0.3 is 25.4 Å². The topological polar surface area (TPSA) is 72.1 Å². The van der Waals surface area contributed by atoms with Crippen molar-refractivity contribution in [1.82, 2.24) is 0 Å². The number of hydrogen-bond acceptors (Lipinski definition) is 4. The van der Waals surface area contributed by atoms with Crippen molar-refractivity contribution in [2.75, 3.05) is 37.0 Å². The molecule has 3 N–H and O–H groups in total. The van der Waals surface area contributed by atoms with E-state index in [1.807, 2.05) is 56.3 Å². The van der Waals surface area contributed by atoms with E-state index in [4.69, 9.17) is 15.2 Å². The van der Waals surface area contributed by atoms with Crippen LogP contribution in [0.3, 0.4) is 0 Å². The molecule has 2 aromatic rings. The molecule has 1 saturated heterocycles.